The summed E-state index contributed by atoms with van der Waals surface area (Å²) in [7, 11) is -1.87. The fraction of sp³-hybridized carbons (Fsp3) is 0.190. The molecule has 26 heavy (non-hydrogen) atoms. The van der Waals surface area contributed by atoms with E-state index < -0.39 is 20.2 Å². The van der Waals surface area contributed by atoms with Gasteiger partial charge in [-0.05, 0) is 5.56 Å². The van der Waals surface area contributed by atoms with Crippen molar-refractivity contribution < 1.29 is 14.7 Å². The maximum absolute atomic E-state index is 12.1. The summed E-state index contributed by atoms with van der Waals surface area (Å²) >= 11 is 0. The molecule has 0 fully saturated rings. The minimum absolute atomic E-state index is 0.0470. The van der Waals surface area contributed by atoms with Gasteiger partial charge in [0, 0.05) is 0 Å². The van der Waals surface area contributed by atoms with E-state index in [1.807, 2.05) is 54.6 Å². The molecule has 1 N–H and O–H groups in total. The second-order valence-electron chi connectivity index (χ2n) is 6.51. The second-order valence-corrected chi connectivity index (χ2v) is 10.9. The number of benzene rings is 2. The van der Waals surface area contributed by atoms with Crippen molar-refractivity contribution in [3.8, 4) is 0 Å². The molecule has 4 nitrogen and oxygen atoms in total. The predicted molar refractivity (Wildman–Crippen MR) is 107 cm³/mol. The Morgan fingerprint density at radius 2 is 1.73 bits per heavy atom. The van der Waals surface area contributed by atoms with Crippen LogP contribution in [0.4, 0.5) is 4.79 Å². The normalized spacial score (nSPS) is 12.6. The Hall–Kier alpha value is -2.63. The molecular weight excluding hydrogens is 342 g/mol. The molecule has 0 heterocycles. The first-order valence-electron chi connectivity index (χ1n) is 8.51. The maximum Gasteiger partial charge on any atom is 0.434 e. The Morgan fingerprint density at radius 3 is 2.31 bits per heavy atom. The van der Waals surface area contributed by atoms with Crippen molar-refractivity contribution in [2.75, 3.05) is 6.61 Å². The van der Waals surface area contributed by atoms with Crippen LogP contribution in [0.1, 0.15) is 11.6 Å². The first-order chi connectivity index (χ1) is 12.5. The van der Waals surface area contributed by atoms with Gasteiger partial charge in [-0.2, -0.15) is 5.06 Å². The van der Waals surface area contributed by atoms with Gasteiger partial charge in [0.25, 0.3) is 0 Å². The van der Waals surface area contributed by atoms with Gasteiger partial charge in [-0.3, -0.25) is 5.21 Å². The van der Waals surface area contributed by atoms with E-state index in [2.05, 4.69) is 37.5 Å². The van der Waals surface area contributed by atoms with Gasteiger partial charge in [-0.15, -0.1) is 0 Å². The largest absolute Gasteiger partial charge is 0.444 e. The standard InChI is InChI=1S/C21H25NO3Si/c1-4-16-25-21(23)22(24)20(18-11-7-5-8-12-18)15-17-26(2,3)19-13-9-6-10-14-19/h4-15,17,20,24H,1,16H2,2-3H3/b17-15+. The van der Waals surface area contributed by atoms with E-state index in [1.165, 1.54) is 11.3 Å². The smallest absolute Gasteiger partial charge is 0.434 e. The minimum atomic E-state index is -1.87. The van der Waals surface area contributed by atoms with Crippen LogP contribution in [0.2, 0.25) is 13.1 Å². The Labute approximate surface area is 156 Å². The number of ether oxygens (including phenoxy) is 1. The highest BCUT2D eigenvalue weighted by molar-refractivity contribution is 6.93. The summed E-state index contributed by atoms with van der Waals surface area (Å²) in [5.41, 5.74) is 2.93. The van der Waals surface area contributed by atoms with Crippen molar-refractivity contribution in [3.05, 3.63) is 90.7 Å². The van der Waals surface area contributed by atoms with Gasteiger partial charge in [0.05, 0.1) is 0 Å². The highest BCUT2D eigenvalue weighted by atomic mass is 28.3. The van der Waals surface area contributed by atoms with Crippen LogP contribution in [-0.2, 0) is 4.74 Å². The molecule has 0 aromatic heterocycles. The summed E-state index contributed by atoms with van der Waals surface area (Å²) in [4.78, 5) is 12.1. The molecule has 136 valence electrons. The van der Waals surface area contributed by atoms with Crippen molar-refractivity contribution >= 4 is 19.4 Å². The first kappa shape index (κ1) is 19.7. The molecule has 0 aliphatic carbocycles. The third-order valence-electron chi connectivity index (χ3n) is 4.13. The van der Waals surface area contributed by atoms with Gasteiger partial charge >= 0.3 is 6.09 Å². The SMILES string of the molecule is C=CCOC(=O)N(O)C(/C=C/[Si](C)(C)c1ccccc1)c1ccccc1. The topological polar surface area (TPSA) is 49.8 Å². The molecule has 2 aromatic rings. The lowest BCUT2D eigenvalue weighted by Crippen LogP contribution is -2.40. The molecule has 1 atom stereocenters. The van der Waals surface area contributed by atoms with E-state index in [1.54, 1.807) is 0 Å². The molecule has 2 rings (SSSR count). The fourth-order valence-electron chi connectivity index (χ4n) is 2.59. The van der Waals surface area contributed by atoms with Gasteiger partial charge in [-0.25, -0.2) is 4.79 Å². The van der Waals surface area contributed by atoms with E-state index in [4.69, 9.17) is 4.74 Å². The van der Waals surface area contributed by atoms with E-state index in [0.29, 0.717) is 5.06 Å². The lowest BCUT2D eigenvalue weighted by molar-refractivity contribution is -0.0922. The third-order valence-corrected chi connectivity index (χ3v) is 6.98. The molecular formula is C21H25NO3Si. The van der Waals surface area contributed by atoms with Crippen molar-refractivity contribution in [3.63, 3.8) is 0 Å². The van der Waals surface area contributed by atoms with E-state index >= 15 is 0 Å². The summed E-state index contributed by atoms with van der Waals surface area (Å²) in [6, 6.07) is 19.0. The van der Waals surface area contributed by atoms with Crippen LogP contribution in [0.3, 0.4) is 0 Å². The van der Waals surface area contributed by atoms with Crippen LogP contribution >= 0.6 is 0 Å². The number of carbonyl (C=O) groups is 1. The van der Waals surface area contributed by atoms with E-state index in [0.717, 1.165) is 5.56 Å². The van der Waals surface area contributed by atoms with Crippen LogP contribution in [0.15, 0.2) is 85.1 Å². The van der Waals surface area contributed by atoms with Crippen molar-refractivity contribution in [2.45, 2.75) is 19.1 Å². The summed E-state index contributed by atoms with van der Waals surface area (Å²) in [5.74, 6) is 0. The average molecular weight is 368 g/mol. The molecule has 0 saturated heterocycles. The van der Waals surface area contributed by atoms with Gasteiger partial charge in [-0.1, -0.05) is 103 Å². The van der Waals surface area contributed by atoms with Crippen LogP contribution in [0.5, 0.6) is 0 Å². The van der Waals surface area contributed by atoms with Crippen LogP contribution < -0.4 is 5.19 Å². The Bertz CT molecular complexity index is 744. The van der Waals surface area contributed by atoms with Gasteiger partial charge < -0.3 is 4.74 Å². The predicted octanol–water partition coefficient (Wildman–Crippen LogP) is 4.45. The third kappa shape index (κ3) is 5.18. The van der Waals surface area contributed by atoms with Crippen LogP contribution in [-0.4, -0.2) is 31.0 Å². The first-order valence-corrected chi connectivity index (χ1v) is 11.6. The second kappa shape index (κ2) is 9.17. The molecule has 0 aliphatic heterocycles. The van der Waals surface area contributed by atoms with E-state index in [-0.39, 0.29) is 6.61 Å². The summed E-state index contributed by atoms with van der Waals surface area (Å²) < 4.78 is 4.97. The number of carbonyl (C=O) groups excluding carboxylic acids is 1. The number of amides is 1. The number of hydrogen-bond acceptors (Lipinski definition) is 3. The Kier molecular flexibility index (Phi) is 6.95. The van der Waals surface area contributed by atoms with E-state index in [9.17, 15) is 10.0 Å². The quantitative estimate of drug-likeness (QED) is 0.340. The van der Waals surface area contributed by atoms with Crippen LogP contribution in [0, 0.1) is 0 Å². The minimum Gasteiger partial charge on any atom is -0.444 e. The monoisotopic (exact) mass is 367 g/mol. The molecule has 2 aromatic carbocycles. The highest BCUT2D eigenvalue weighted by Gasteiger charge is 2.25. The molecule has 0 spiro atoms. The maximum atomic E-state index is 12.1. The summed E-state index contributed by atoms with van der Waals surface area (Å²) in [6.45, 7) is 8.00. The molecule has 5 heteroatoms. The zero-order valence-electron chi connectivity index (χ0n) is 15.2. The molecule has 0 radical (unpaired) electrons. The molecule has 1 amide bonds. The average Bonchev–Trinajstić information content (AvgIpc) is 2.67. The number of rotatable bonds is 7. The lowest BCUT2D eigenvalue weighted by Gasteiger charge is -2.25. The lowest BCUT2D eigenvalue weighted by atomic mass is 10.1. The Morgan fingerprint density at radius 1 is 1.15 bits per heavy atom. The van der Waals surface area contributed by atoms with Crippen LogP contribution in [0.25, 0.3) is 0 Å². The molecule has 0 saturated carbocycles. The summed E-state index contributed by atoms with van der Waals surface area (Å²) in [6.07, 6.45) is 2.54. The fourth-order valence-corrected chi connectivity index (χ4v) is 4.50. The summed E-state index contributed by atoms with van der Waals surface area (Å²) in [5, 5.41) is 12.3. The molecule has 1 unspecified atom stereocenters. The van der Waals surface area contributed by atoms with Gasteiger partial charge in [0.15, 0.2) is 0 Å². The van der Waals surface area contributed by atoms with Crippen molar-refractivity contribution in [1.82, 2.24) is 5.06 Å². The van der Waals surface area contributed by atoms with Crippen molar-refractivity contribution in [1.29, 1.82) is 0 Å². The zero-order valence-corrected chi connectivity index (χ0v) is 16.2. The number of hydroxylamine groups is 2. The Balaban J connectivity index is 2.29. The van der Waals surface area contributed by atoms with Gasteiger partial charge in [0.2, 0.25) is 0 Å². The number of nitrogens with zero attached hydrogens (tertiary/aromatic N) is 1. The van der Waals surface area contributed by atoms with Gasteiger partial charge in [0.1, 0.15) is 20.7 Å². The number of hydrogen-bond donors (Lipinski definition) is 1. The molecule has 0 aliphatic rings. The highest BCUT2D eigenvalue weighted by Crippen LogP contribution is 2.22. The zero-order chi connectivity index (χ0) is 19.0. The van der Waals surface area contributed by atoms with Crippen molar-refractivity contribution in [2.24, 2.45) is 0 Å². The molecule has 0 bridgehead atoms.